The molecule has 0 spiro atoms. The van der Waals surface area contributed by atoms with Crippen molar-refractivity contribution in [3.05, 3.63) is 35.6 Å². The first-order chi connectivity index (χ1) is 13.7. The Bertz CT molecular complexity index is 1130. The fraction of sp³-hybridized carbons (Fsp3) is 0.450. The summed E-state index contributed by atoms with van der Waals surface area (Å²) >= 11 is 1.69. The van der Waals surface area contributed by atoms with Crippen molar-refractivity contribution in [2.75, 3.05) is 36.0 Å². The van der Waals surface area contributed by atoms with Crippen molar-refractivity contribution in [3.63, 3.8) is 0 Å². The minimum absolute atomic E-state index is 0.128. The lowest BCUT2D eigenvalue weighted by molar-refractivity contribution is 0.556. The van der Waals surface area contributed by atoms with E-state index in [4.69, 9.17) is 0 Å². The van der Waals surface area contributed by atoms with Crippen molar-refractivity contribution in [1.29, 1.82) is 0 Å². The SMILES string of the molecule is Cc1cc2c(N3CCN(c4ccc(S(=O)(=O)C(C)(C)C)nc4)CC3)ncnc2s1. The van der Waals surface area contributed by atoms with Gasteiger partial charge in [0.05, 0.1) is 22.0 Å². The van der Waals surface area contributed by atoms with E-state index in [0.29, 0.717) is 0 Å². The molecule has 1 saturated heterocycles. The van der Waals surface area contributed by atoms with Crippen LogP contribution in [-0.2, 0) is 9.84 Å². The molecular formula is C20H25N5O2S2. The lowest BCUT2D eigenvalue weighted by Gasteiger charge is -2.36. The van der Waals surface area contributed by atoms with Gasteiger partial charge in [0.25, 0.3) is 0 Å². The number of thiophene rings is 1. The van der Waals surface area contributed by atoms with Crippen LogP contribution < -0.4 is 9.80 Å². The van der Waals surface area contributed by atoms with E-state index in [2.05, 4.69) is 37.7 Å². The molecule has 0 aliphatic carbocycles. The number of nitrogens with zero attached hydrogens (tertiary/aromatic N) is 5. The van der Waals surface area contributed by atoms with Crippen LogP contribution in [0.5, 0.6) is 0 Å². The van der Waals surface area contributed by atoms with Crippen LogP contribution in [-0.4, -0.2) is 54.3 Å². The minimum atomic E-state index is -3.44. The molecule has 0 saturated carbocycles. The lowest BCUT2D eigenvalue weighted by Crippen LogP contribution is -2.47. The molecule has 9 heteroatoms. The highest BCUT2D eigenvalue weighted by Crippen LogP contribution is 2.31. The third-order valence-electron chi connectivity index (χ3n) is 5.18. The summed E-state index contributed by atoms with van der Waals surface area (Å²) in [5.41, 5.74) is 0.941. The molecule has 3 aromatic heterocycles. The van der Waals surface area contributed by atoms with Crippen LogP contribution in [0.3, 0.4) is 0 Å². The summed E-state index contributed by atoms with van der Waals surface area (Å²) in [7, 11) is -3.44. The number of anilines is 2. The molecule has 4 rings (SSSR count). The zero-order chi connectivity index (χ0) is 20.8. The number of rotatable bonds is 3. The summed E-state index contributed by atoms with van der Waals surface area (Å²) < 4.78 is 24.2. The Kier molecular flexibility index (Phi) is 4.98. The van der Waals surface area contributed by atoms with Gasteiger partial charge < -0.3 is 9.80 Å². The Labute approximate surface area is 175 Å². The van der Waals surface area contributed by atoms with Crippen molar-refractivity contribution in [1.82, 2.24) is 15.0 Å². The molecule has 1 aliphatic heterocycles. The summed E-state index contributed by atoms with van der Waals surface area (Å²) in [5.74, 6) is 0.990. The summed E-state index contributed by atoms with van der Waals surface area (Å²) in [6.07, 6.45) is 3.30. The normalized spacial score (nSPS) is 15.9. The molecule has 0 amide bonds. The maximum Gasteiger partial charge on any atom is 0.200 e. The largest absolute Gasteiger partial charge is 0.367 e. The molecular weight excluding hydrogens is 406 g/mol. The molecule has 1 fully saturated rings. The van der Waals surface area contributed by atoms with E-state index in [-0.39, 0.29) is 5.03 Å². The number of piperazine rings is 1. The van der Waals surface area contributed by atoms with E-state index in [9.17, 15) is 8.42 Å². The number of sulfone groups is 1. The van der Waals surface area contributed by atoms with E-state index in [0.717, 1.165) is 47.9 Å². The van der Waals surface area contributed by atoms with E-state index >= 15 is 0 Å². The number of aryl methyl sites for hydroxylation is 1. The quantitative estimate of drug-likeness (QED) is 0.629. The van der Waals surface area contributed by atoms with Gasteiger partial charge in [-0.2, -0.15) is 0 Å². The molecule has 3 aromatic rings. The van der Waals surface area contributed by atoms with Gasteiger partial charge in [0.1, 0.15) is 17.0 Å². The summed E-state index contributed by atoms with van der Waals surface area (Å²) in [6, 6.07) is 5.62. The zero-order valence-electron chi connectivity index (χ0n) is 17.1. The fourth-order valence-electron chi connectivity index (χ4n) is 3.42. The zero-order valence-corrected chi connectivity index (χ0v) is 18.7. The Hall–Kier alpha value is -2.26. The van der Waals surface area contributed by atoms with E-state index < -0.39 is 14.6 Å². The van der Waals surface area contributed by atoms with Crippen LogP contribution in [0.25, 0.3) is 10.2 Å². The maximum absolute atomic E-state index is 12.6. The molecule has 0 N–H and O–H groups in total. The second-order valence-corrected chi connectivity index (χ2v) is 12.1. The van der Waals surface area contributed by atoms with Gasteiger partial charge in [0, 0.05) is 31.1 Å². The van der Waals surface area contributed by atoms with Gasteiger partial charge in [-0.25, -0.2) is 23.4 Å². The standard InChI is InChI=1S/C20H25N5O2S2/c1-14-11-16-18(22-13-23-19(16)28-14)25-9-7-24(8-10-25)15-5-6-17(21-12-15)29(26,27)20(2,3)4/h5-6,11-13H,7-10H2,1-4H3. The second-order valence-electron chi connectivity index (χ2n) is 8.22. The number of fused-ring (bicyclic) bond motifs is 1. The lowest BCUT2D eigenvalue weighted by atomic mass is 10.2. The fourth-order valence-corrected chi connectivity index (χ4v) is 5.33. The Morgan fingerprint density at radius 2 is 1.69 bits per heavy atom. The molecule has 0 atom stereocenters. The van der Waals surface area contributed by atoms with E-state index in [1.54, 1.807) is 50.7 Å². The van der Waals surface area contributed by atoms with Gasteiger partial charge in [0.15, 0.2) is 14.9 Å². The third-order valence-corrected chi connectivity index (χ3v) is 8.54. The highest BCUT2D eigenvalue weighted by Gasteiger charge is 2.32. The van der Waals surface area contributed by atoms with Crippen LogP contribution in [0.4, 0.5) is 11.5 Å². The average Bonchev–Trinajstić information content (AvgIpc) is 3.07. The van der Waals surface area contributed by atoms with Gasteiger partial charge in [-0.3, -0.25) is 0 Å². The summed E-state index contributed by atoms with van der Waals surface area (Å²) in [5, 5.41) is 1.24. The molecule has 154 valence electrons. The van der Waals surface area contributed by atoms with Gasteiger partial charge in [-0.05, 0) is 45.9 Å². The third kappa shape index (κ3) is 3.69. The summed E-state index contributed by atoms with van der Waals surface area (Å²) in [4.78, 5) is 19.9. The first-order valence-corrected chi connectivity index (χ1v) is 11.9. The van der Waals surface area contributed by atoms with Crippen molar-refractivity contribution in [2.45, 2.75) is 37.5 Å². The Balaban J connectivity index is 1.49. The number of hydrogen-bond acceptors (Lipinski definition) is 8. The highest BCUT2D eigenvalue weighted by atomic mass is 32.2. The molecule has 7 nitrogen and oxygen atoms in total. The smallest absolute Gasteiger partial charge is 0.200 e. The van der Waals surface area contributed by atoms with Crippen LogP contribution >= 0.6 is 11.3 Å². The second kappa shape index (κ2) is 7.21. The molecule has 4 heterocycles. The molecule has 0 bridgehead atoms. The maximum atomic E-state index is 12.6. The monoisotopic (exact) mass is 431 g/mol. The van der Waals surface area contributed by atoms with Crippen molar-refractivity contribution in [3.8, 4) is 0 Å². The number of hydrogen-bond donors (Lipinski definition) is 0. The van der Waals surface area contributed by atoms with Crippen molar-refractivity contribution < 1.29 is 8.42 Å². The van der Waals surface area contributed by atoms with Crippen LogP contribution in [0, 0.1) is 6.92 Å². The Morgan fingerprint density at radius 3 is 2.31 bits per heavy atom. The van der Waals surface area contributed by atoms with Crippen LogP contribution in [0.2, 0.25) is 0 Å². The Morgan fingerprint density at radius 1 is 1.00 bits per heavy atom. The van der Waals surface area contributed by atoms with Crippen molar-refractivity contribution >= 4 is 42.9 Å². The predicted octanol–water partition coefficient (Wildman–Crippen LogP) is 3.29. The van der Waals surface area contributed by atoms with Crippen molar-refractivity contribution in [2.24, 2.45) is 0 Å². The first kappa shape index (κ1) is 20.0. The van der Waals surface area contributed by atoms with E-state index in [1.165, 1.54) is 4.88 Å². The van der Waals surface area contributed by atoms with Gasteiger partial charge in [0.2, 0.25) is 0 Å². The number of pyridine rings is 1. The minimum Gasteiger partial charge on any atom is -0.367 e. The molecule has 0 radical (unpaired) electrons. The van der Waals surface area contributed by atoms with Crippen LogP contribution in [0.1, 0.15) is 25.6 Å². The molecule has 0 aromatic carbocycles. The molecule has 1 aliphatic rings. The van der Waals surface area contributed by atoms with Gasteiger partial charge >= 0.3 is 0 Å². The first-order valence-electron chi connectivity index (χ1n) is 9.58. The van der Waals surface area contributed by atoms with Gasteiger partial charge in [-0.1, -0.05) is 0 Å². The van der Waals surface area contributed by atoms with Gasteiger partial charge in [-0.15, -0.1) is 11.3 Å². The summed E-state index contributed by atoms with van der Waals surface area (Å²) in [6.45, 7) is 10.5. The van der Waals surface area contributed by atoms with Crippen LogP contribution in [0.15, 0.2) is 35.7 Å². The molecule has 0 unspecified atom stereocenters. The topological polar surface area (TPSA) is 79.3 Å². The molecule has 29 heavy (non-hydrogen) atoms. The van der Waals surface area contributed by atoms with E-state index in [1.807, 2.05) is 6.07 Å². The average molecular weight is 432 g/mol. The highest BCUT2D eigenvalue weighted by molar-refractivity contribution is 7.92. The number of aromatic nitrogens is 3. The predicted molar refractivity (Wildman–Crippen MR) is 118 cm³/mol.